The summed E-state index contributed by atoms with van der Waals surface area (Å²) < 4.78 is 4.92. The zero-order valence-corrected chi connectivity index (χ0v) is 13.1. The molecule has 1 aromatic carbocycles. The third-order valence-corrected chi connectivity index (χ3v) is 2.91. The van der Waals surface area contributed by atoms with Crippen LogP contribution < -0.4 is 10.6 Å². The number of carbonyl (C=O) groups excluding carboxylic acids is 3. The van der Waals surface area contributed by atoms with Gasteiger partial charge in [0.15, 0.2) is 6.61 Å². The zero-order chi connectivity index (χ0) is 16.5. The molecule has 0 spiro atoms. The number of hydrogen-bond donors (Lipinski definition) is 2. The molecule has 0 fully saturated rings. The number of nitrogens with one attached hydrogen (secondary N) is 2. The Kier molecular flexibility index (Phi) is 7.08. The highest BCUT2D eigenvalue weighted by Gasteiger charge is 2.16. The van der Waals surface area contributed by atoms with Crippen LogP contribution in [0.5, 0.6) is 0 Å². The fourth-order valence-corrected chi connectivity index (χ4v) is 1.74. The lowest BCUT2D eigenvalue weighted by molar-refractivity contribution is -0.130. The number of hydrogen-bond acceptors (Lipinski definition) is 4. The summed E-state index contributed by atoms with van der Waals surface area (Å²) in [5.74, 6) is -1.35. The van der Waals surface area contributed by atoms with E-state index in [-0.39, 0.29) is 5.91 Å². The van der Waals surface area contributed by atoms with E-state index < -0.39 is 24.5 Å². The van der Waals surface area contributed by atoms with Crippen LogP contribution in [0.2, 0.25) is 0 Å². The number of esters is 1. The molecule has 0 radical (unpaired) electrons. The van der Waals surface area contributed by atoms with Gasteiger partial charge in [0.2, 0.25) is 5.91 Å². The molecule has 0 aliphatic carbocycles. The Morgan fingerprint density at radius 3 is 2.64 bits per heavy atom. The molecule has 0 aromatic heterocycles. The minimum Gasteiger partial charge on any atom is -0.452 e. The van der Waals surface area contributed by atoms with Crippen molar-refractivity contribution in [1.82, 2.24) is 10.6 Å². The molecular formula is C16H22N2O4. The Morgan fingerprint density at radius 2 is 2.00 bits per heavy atom. The first-order chi connectivity index (χ1) is 10.4. The molecule has 1 atom stereocenters. The number of carbonyl (C=O) groups is 3. The van der Waals surface area contributed by atoms with Gasteiger partial charge >= 0.3 is 5.97 Å². The number of ether oxygens (including phenoxy) is 1. The first-order valence-electron chi connectivity index (χ1n) is 7.25. The molecule has 2 N–H and O–H groups in total. The Bertz CT molecular complexity index is 543. The van der Waals surface area contributed by atoms with Gasteiger partial charge in [0.1, 0.15) is 6.04 Å². The van der Waals surface area contributed by atoms with E-state index in [1.54, 1.807) is 25.1 Å². The Morgan fingerprint density at radius 1 is 1.27 bits per heavy atom. The van der Waals surface area contributed by atoms with Gasteiger partial charge < -0.3 is 15.4 Å². The molecule has 0 heterocycles. The number of amides is 2. The highest BCUT2D eigenvalue weighted by Crippen LogP contribution is 2.05. The lowest BCUT2D eigenvalue weighted by Crippen LogP contribution is -2.46. The fourth-order valence-electron chi connectivity index (χ4n) is 1.74. The fraction of sp³-hybridized carbons (Fsp3) is 0.438. The maximum Gasteiger partial charge on any atom is 0.338 e. The van der Waals surface area contributed by atoms with Crippen LogP contribution in [0.3, 0.4) is 0 Å². The van der Waals surface area contributed by atoms with E-state index in [9.17, 15) is 14.4 Å². The standard InChI is InChI=1S/C16H22N2O4/c1-4-8-17-15(20)12(3)18-14(19)10-22-16(21)13-7-5-6-11(2)9-13/h5-7,9,12H,4,8,10H2,1-3H3,(H,17,20)(H,18,19)/t12-/m1/s1. The average Bonchev–Trinajstić information content (AvgIpc) is 2.50. The molecule has 120 valence electrons. The molecule has 1 rings (SSSR count). The largest absolute Gasteiger partial charge is 0.452 e. The third-order valence-electron chi connectivity index (χ3n) is 2.91. The average molecular weight is 306 g/mol. The van der Waals surface area contributed by atoms with E-state index in [1.807, 2.05) is 19.9 Å². The van der Waals surface area contributed by atoms with E-state index in [2.05, 4.69) is 10.6 Å². The molecule has 22 heavy (non-hydrogen) atoms. The summed E-state index contributed by atoms with van der Waals surface area (Å²) in [7, 11) is 0. The summed E-state index contributed by atoms with van der Waals surface area (Å²) in [6, 6.07) is 6.23. The second-order valence-corrected chi connectivity index (χ2v) is 5.03. The summed E-state index contributed by atoms with van der Waals surface area (Å²) >= 11 is 0. The summed E-state index contributed by atoms with van der Waals surface area (Å²) in [6.07, 6.45) is 0.820. The van der Waals surface area contributed by atoms with Gasteiger partial charge in [-0.1, -0.05) is 24.6 Å². The van der Waals surface area contributed by atoms with Crippen molar-refractivity contribution in [1.29, 1.82) is 0 Å². The predicted octanol–water partition coefficient (Wildman–Crippen LogP) is 1.18. The third kappa shape index (κ3) is 5.95. The van der Waals surface area contributed by atoms with Crippen LogP contribution in [0.25, 0.3) is 0 Å². The van der Waals surface area contributed by atoms with E-state index in [4.69, 9.17) is 4.74 Å². The summed E-state index contributed by atoms with van der Waals surface area (Å²) in [4.78, 5) is 35.0. The molecule has 0 unspecified atom stereocenters. The molecule has 6 heteroatoms. The van der Waals surface area contributed by atoms with Crippen LogP contribution in [0.4, 0.5) is 0 Å². The predicted molar refractivity (Wildman–Crippen MR) is 82.4 cm³/mol. The van der Waals surface area contributed by atoms with Gasteiger partial charge in [0.05, 0.1) is 5.56 Å². The lowest BCUT2D eigenvalue weighted by atomic mass is 10.1. The van der Waals surface area contributed by atoms with E-state index >= 15 is 0 Å². The van der Waals surface area contributed by atoms with Crippen molar-refractivity contribution in [3.63, 3.8) is 0 Å². The first kappa shape index (κ1) is 17.7. The SMILES string of the molecule is CCCNC(=O)[C@@H](C)NC(=O)COC(=O)c1cccc(C)c1. The monoisotopic (exact) mass is 306 g/mol. The van der Waals surface area contributed by atoms with Crippen LogP contribution in [-0.4, -0.2) is 37.0 Å². The minimum atomic E-state index is -0.670. The molecule has 0 bridgehead atoms. The number of rotatable bonds is 7. The van der Waals surface area contributed by atoms with Gasteiger partial charge in [-0.2, -0.15) is 0 Å². The summed E-state index contributed by atoms with van der Waals surface area (Å²) in [5, 5.41) is 5.15. The molecule has 0 saturated heterocycles. The number of benzene rings is 1. The number of aryl methyl sites for hydroxylation is 1. The second-order valence-electron chi connectivity index (χ2n) is 5.03. The van der Waals surface area contributed by atoms with Crippen molar-refractivity contribution in [2.75, 3.05) is 13.2 Å². The molecule has 0 saturated carbocycles. The van der Waals surface area contributed by atoms with Gasteiger partial charge in [-0.25, -0.2) is 4.79 Å². The van der Waals surface area contributed by atoms with Gasteiger partial charge in [-0.3, -0.25) is 9.59 Å². The Balaban J connectivity index is 2.39. The zero-order valence-electron chi connectivity index (χ0n) is 13.1. The maximum absolute atomic E-state index is 11.8. The molecular weight excluding hydrogens is 284 g/mol. The van der Waals surface area contributed by atoms with Crippen molar-refractivity contribution >= 4 is 17.8 Å². The maximum atomic E-state index is 11.8. The highest BCUT2D eigenvalue weighted by atomic mass is 16.5. The topological polar surface area (TPSA) is 84.5 Å². The molecule has 0 aliphatic heterocycles. The van der Waals surface area contributed by atoms with Crippen molar-refractivity contribution in [2.24, 2.45) is 0 Å². The molecule has 1 aromatic rings. The van der Waals surface area contributed by atoms with Crippen molar-refractivity contribution in [3.8, 4) is 0 Å². The normalized spacial score (nSPS) is 11.4. The van der Waals surface area contributed by atoms with Crippen LogP contribution in [-0.2, 0) is 14.3 Å². The molecule has 6 nitrogen and oxygen atoms in total. The van der Waals surface area contributed by atoms with Crippen LogP contribution in [0.15, 0.2) is 24.3 Å². The van der Waals surface area contributed by atoms with Gasteiger partial charge in [-0.05, 0) is 32.4 Å². The van der Waals surface area contributed by atoms with Crippen molar-refractivity contribution in [2.45, 2.75) is 33.2 Å². The van der Waals surface area contributed by atoms with Gasteiger partial charge in [-0.15, -0.1) is 0 Å². The second kappa shape index (κ2) is 8.81. The Hall–Kier alpha value is -2.37. The smallest absolute Gasteiger partial charge is 0.338 e. The van der Waals surface area contributed by atoms with E-state index in [0.29, 0.717) is 12.1 Å². The van der Waals surface area contributed by atoms with Gasteiger partial charge in [0, 0.05) is 6.54 Å². The lowest BCUT2D eigenvalue weighted by Gasteiger charge is -2.13. The first-order valence-corrected chi connectivity index (χ1v) is 7.25. The van der Waals surface area contributed by atoms with Crippen LogP contribution in [0.1, 0.15) is 36.2 Å². The highest BCUT2D eigenvalue weighted by molar-refractivity contribution is 5.92. The van der Waals surface area contributed by atoms with Crippen LogP contribution in [0, 0.1) is 6.92 Å². The van der Waals surface area contributed by atoms with Gasteiger partial charge in [0.25, 0.3) is 5.91 Å². The summed E-state index contributed by atoms with van der Waals surface area (Å²) in [5.41, 5.74) is 1.32. The van der Waals surface area contributed by atoms with E-state index in [0.717, 1.165) is 12.0 Å². The quantitative estimate of drug-likeness (QED) is 0.741. The van der Waals surface area contributed by atoms with Crippen LogP contribution >= 0.6 is 0 Å². The Labute approximate surface area is 130 Å². The van der Waals surface area contributed by atoms with Crippen molar-refractivity contribution in [3.05, 3.63) is 35.4 Å². The minimum absolute atomic E-state index is 0.264. The molecule has 0 aliphatic rings. The van der Waals surface area contributed by atoms with Crippen molar-refractivity contribution < 1.29 is 19.1 Å². The molecule has 2 amide bonds. The summed E-state index contributed by atoms with van der Waals surface area (Å²) in [6.45, 7) is 5.51. The van der Waals surface area contributed by atoms with E-state index in [1.165, 1.54) is 0 Å².